The lowest BCUT2D eigenvalue weighted by Gasteiger charge is -2.15. The van der Waals surface area contributed by atoms with Crippen LogP contribution in [-0.2, 0) is 19.6 Å². The van der Waals surface area contributed by atoms with Gasteiger partial charge in [-0.2, -0.15) is 5.10 Å². The SMILES string of the molecule is CCCCCCn1cc[n+](CCCN)c1/N=N/c1cnn2c1NCCC2. The standard InChI is InChI=1S/C18H30N8/c1-2-3-4-5-10-24-13-14-25(11-6-8-19)18(24)23-22-16-15-21-26-12-7-9-20-17(16)26/h13-15H,2-12,19H2,1H3/p+1. The van der Waals surface area contributed by atoms with Gasteiger partial charge >= 0.3 is 5.95 Å². The molecule has 0 aromatic carbocycles. The molecule has 0 saturated carbocycles. The Bertz CT molecular complexity index is 715. The van der Waals surface area contributed by atoms with Gasteiger partial charge in [-0.25, -0.2) is 13.8 Å². The Labute approximate surface area is 155 Å². The first-order chi connectivity index (χ1) is 12.8. The van der Waals surface area contributed by atoms with Crippen LogP contribution in [0.1, 0.15) is 45.4 Å². The molecule has 0 spiro atoms. The van der Waals surface area contributed by atoms with Crippen LogP contribution in [0.25, 0.3) is 0 Å². The maximum Gasteiger partial charge on any atom is 0.421 e. The molecular weight excluding hydrogens is 328 g/mol. The summed E-state index contributed by atoms with van der Waals surface area (Å²) in [4.78, 5) is 0. The fourth-order valence-electron chi connectivity index (χ4n) is 3.23. The van der Waals surface area contributed by atoms with Crippen LogP contribution in [0.15, 0.2) is 28.8 Å². The number of hydrogen-bond donors (Lipinski definition) is 2. The van der Waals surface area contributed by atoms with Crippen molar-refractivity contribution in [3.05, 3.63) is 18.6 Å². The molecule has 3 heterocycles. The molecule has 0 amide bonds. The van der Waals surface area contributed by atoms with Gasteiger partial charge in [0.1, 0.15) is 0 Å². The van der Waals surface area contributed by atoms with E-state index in [1.807, 2.05) is 4.68 Å². The van der Waals surface area contributed by atoms with Gasteiger partial charge in [0.15, 0.2) is 11.5 Å². The lowest BCUT2D eigenvalue weighted by atomic mass is 10.2. The molecule has 142 valence electrons. The molecule has 0 unspecified atom stereocenters. The van der Waals surface area contributed by atoms with E-state index in [1.54, 1.807) is 6.20 Å². The van der Waals surface area contributed by atoms with E-state index in [0.29, 0.717) is 6.54 Å². The van der Waals surface area contributed by atoms with Crippen molar-refractivity contribution in [1.29, 1.82) is 0 Å². The second-order valence-electron chi connectivity index (χ2n) is 6.77. The maximum atomic E-state index is 5.68. The molecule has 0 radical (unpaired) electrons. The number of nitrogens with one attached hydrogen (secondary N) is 1. The zero-order valence-electron chi connectivity index (χ0n) is 15.8. The largest absolute Gasteiger partial charge is 0.421 e. The number of nitrogens with two attached hydrogens (primary N) is 1. The third-order valence-electron chi connectivity index (χ3n) is 4.70. The predicted molar refractivity (Wildman–Crippen MR) is 102 cm³/mol. The second-order valence-corrected chi connectivity index (χ2v) is 6.77. The van der Waals surface area contributed by atoms with E-state index in [0.717, 1.165) is 62.9 Å². The Balaban J connectivity index is 1.77. The van der Waals surface area contributed by atoms with Gasteiger partial charge in [-0.15, -0.1) is 0 Å². The molecule has 8 nitrogen and oxygen atoms in total. The molecule has 3 N–H and O–H groups in total. The predicted octanol–water partition coefficient (Wildman–Crippen LogP) is 3.13. The monoisotopic (exact) mass is 359 g/mol. The normalized spacial score (nSPS) is 13.9. The highest BCUT2D eigenvalue weighted by molar-refractivity contribution is 5.60. The van der Waals surface area contributed by atoms with Gasteiger partial charge in [0.05, 0.1) is 31.7 Å². The number of aryl methyl sites for hydroxylation is 3. The molecule has 0 atom stereocenters. The fourth-order valence-corrected chi connectivity index (χ4v) is 3.23. The zero-order valence-corrected chi connectivity index (χ0v) is 15.8. The summed E-state index contributed by atoms with van der Waals surface area (Å²) in [7, 11) is 0. The molecule has 2 aromatic heterocycles. The zero-order chi connectivity index (χ0) is 18.2. The molecule has 2 aromatic rings. The van der Waals surface area contributed by atoms with Crippen LogP contribution in [0.2, 0.25) is 0 Å². The smallest absolute Gasteiger partial charge is 0.368 e. The molecule has 26 heavy (non-hydrogen) atoms. The minimum Gasteiger partial charge on any atom is -0.368 e. The van der Waals surface area contributed by atoms with Crippen molar-refractivity contribution in [2.24, 2.45) is 16.0 Å². The average Bonchev–Trinajstić information content (AvgIpc) is 3.25. The van der Waals surface area contributed by atoms with Crippen LogP contribution in [0.3, 0.4) is 0 Å². The lowest BCUT2D eigenvalue weighted by Crippen LogP contribution is -2.33. The van der Waals surface area contributed by atoms with Crippen molar-refractivity contribution in [2.45, 2.75) is 65.1 Å². The molecule has 8 heteroatoms. The van der Waals surface area contributed by atoms with Gasteiger partial charge < -0.3 is 11.1 Å². The van der Waals surface area contributed by atoms with E-state index in [1.165, 1.54) is 19.3 Å². The highest BCUT2D eigenvalue weighted by Gasteiger charge is 2.19. The van der Waals surface area contributed by atoms with E-state index in [-0.39, 0.29) is 0 Å². The molecule has 0 saturated heterocycles. The molecule has 1 aliphatic heterocycles. The number of imidazole rings is 1. The highest BCUT2D eigenvalue weighted by atomic mass is 15.4. The minimum absolute atomic E-state index is 0.673. The van der Waals surface area contributed by atoms with Crippen LogP contribution in [0.4, 0.5) is 17.5 Å². The molecule has 3 rings (SSSR count). The average molecular weight is 360 g/mol. The number of azo groups is 1. The van der Waals surface area contributed by atoms with Crippen LogP contribution >= 0.6 is 0 Å². The summed E-state index contributed by atoms with van der Waals surface area (Å²) in [6.07, 6.45) is 12.9. The summed E-state index contributed by atoms with van der Waals surface area (Å²) >= 11 is 0. The number of aromatic nitrogens is 4. The van der Waals surface area contributed by atoms with E-state index in [9.17, 15) is 0 Å². The maximum absolute atomic E-state index is 5.68. The first-order valence-electron chi connectivity index (χ1n) is 9.83. The Morgan fingerprint density at radius 3 is 3.04 bits per heavy atom. The number of anilines is 1. The first-order valence-corrected chi connectivity index (χ1v) is 9.83. The van der Waals surface area contributed by atoms with Gasteiger partial charge in [-0.3, -0.25) is 0 Å². The van der Waals surface area contributed by atoms with Crippen molar-refractivity contribution < 1.29 is 4.57 Å². The number of fused-ring (bicyclic) bond motifs is 1. The Hall–Kier alpha value is -2.22. The van der Waals surface area contributed by atoms with E-state index in [4.69, 9.17) is 5.73 Å². The van der Waals surface area contributed by atoms with Gasteiger partial charge in [0.25, 0.3) is 0 Å². The third-order valence-corrected chi connectivity index (χ3v) is 4.70. The summed E-state index contributed by atoms with van der Waals surface area (Å²) in [5.74, 6) is 1.85. The van der Waals surface area contributed by atoms with Gasteiger partial charge in [0.2, 0.25) is 0 Å². The minimum atomic E-state index is 0.673. The van der Waals surface area contributed by atoms with Crippen LogP contribution in [0, 0.1) is 0 Å². The number of rotatable bonds is 10. The fraction of sp³-hybridized carbons (Fsp3) is 0.667. The molecule has 0 aliphatic carbocycles. The van der Waals surface area contributed by atoms with Crippen molar-refractivity contribution in [2.75, 3.05) is 18.4 Å². The van der Waals surface area contributed by atoms with Gasteiger partial charge in [0, 0.05) is 18.2 Å². The summed E-state index contributed by atoms with van der Waals surface area (Å²) < 4.78 is 6.29. The topological polar surface area (TPSA) is 89.4 Å². The van der Waals surface area contributed by atoms with Gasteiger partial charge in [-0.05, 0) is 25.8 Å². The Kier molecular flexibility index (Phi) is 6.76. The van der Waals surface area contributed by atoms with Crippen molar-refractivity contribution in [1.82, 2.24) is 14.3 Å². The molecule has 0 fully saturated rings. The molecular formula is C18H31N8+. The lowest BCUT2D eigenvalue weighted by molar-refractivity contribution is -0.683. The van der Waals surface area contributed by atoms with E-state index in [2.05, 4.69) is 49.1 Å². The number of unbranched alkanes of at least 4 members (excludes halogenated alkanes) is 3. The van der Waals surface area contributed by atoms with Crippen LogP contribution < -0.4 is 15.6 Å². The van der Waals surface area contributed by atoms with Crippen molar-refractivity contribution in [3.8, 4) is 0 Å². The first kappa shape index (κ1) is 18.6. The van der Waals surface area contributed by atoms with Gasteiger partial charge in [-0.1, -0.05) is 31.3 Å². The highest BCUT2D eigenvalue weighted by Crippen LogP contribution is 2.28. The van der Waals surface area contributed by atoms with Crippen molar-refractivity contribution >= 4 is 17.5 Å². The summed E-state index contributed by atoms with van der Waals surface area (Å²) in [5.41, 5.74) is 6.48. The van der Waals surface area contributed by atoms with E-state index >= 15 is 0 Å². The Morgan fingerprint density at radius 1 is 1.27 bits per heavy atom. The van der Waals surface area contributed by atoms with Crippen LogP contribution in [0.5, 0.6) is 0 Å². The third kappa shape index (κ3) is 4.49. The second kappa shape index (κ2) is 9.47. The summed E-state index contributed by atoms with van der Waals surface area (Å²) in [5, 5.41) is 16.8. The molecule has 1 aliphatic rings. The summed E-state index contributed by atoms with van der Waals surface area (Å²) in [6, 6.07) is 0. The van der Waals surface area contributed by atoms with Crippen molar-refractivity contribution in [3.63, 3.8) is 0 Å². The van der Waals surface area contributed by atoms with E-state index < -0.39 is 0 Å². The summed E-state index contributed by atoms with van der Waals surface area (Å²) in [6.45, 7) is 6.62. The molecule has 0 bridgehead atoms. The quantitative estimate of drug-likeness (QED) is 0.388. The number of hydrogen-bond acceptors (Lipinski definition) is 5. The number of nitrogens with zero attached hydrogens (tertiary/aromatic N) is 6. The Morgan fingerprint density at radius 2 is 2.19 bits per heavy atom. The van der Waals surface area contributed by atoms with Crippen LogP contribution in [-0.4, -0.2) is 27.4 Å².